The molecule has 0 bridgehead atoms. The van der Waals surface area contributed by atoms with Gasteiger partial charge in [-0.3, -0.25) is 28.8 Å². The number of carbonyl (C=O) groups excluding carboxylic acids is 6. The van der Waals surface area contributed by atoms with Crippen molar-refractivity contribution in [2.45, 2.75) is 144 Å². The molecule has 0 atom stereocenters. The molecule has 0 aromatic carbocycles. The predicted octanol–water partition coefficient (Wildman–Crippen LogP) is 7.82. The van der Waals surface area contributed by atoms with Crippen molar-refractivity contribution in [2.75, 3.05) is 0 Å². The van der Waals surface area contributed by atoms with Crippen molar-refractivity contribution in [3.63, 3.8) is 0 Å². The number of ketones is 6. The van der Waals surface area contributed by atoms with Crippen molar-refractivity contribution >= 4 is 34.7 Å². The van der Waals surface area contributed by atoms with Gasteiger partial charge in [-0.1, -0.05) is 125 Å². The smallest absolute Gasteiger partial charge is 0.145 e. The third kappa shape index (κ3) is 21.9. The summed E-state index contributed by atoms with van der Waals surface area (Å²) in [6.45, 7) is 33.1. The van der Waals surface area contributed by atoms with Crippen molar-refractivity contribution in [1.82, 2.24) is 0 Å². The summed E-state index contributed by atoms with van der Waals surface area (Å²) in [7, 11) is 0. The molecule has 0 aromatic heterocycles. The number of rotatable bonds is 6. The molecule has 0 amide bonds. The van der Waals surface area contributed by atoms with Gasteiger partial charge in [0, 0.05) is 69.4 Å². The first kappa shape index (κ1) is 46.2. The van der Waals surface area contributed by atoms with E-state index in [1.165, 1.54) is 0 Å². The molecule has 0 fully saturated rings. The van der Waals surface area contributed by atoms with E-state index in [1.54, 1.807) is 0 Å². The molecule has 0 N–H and O–H groups in total. The van der Waals surface area contributed by atoms with Gasteiger partial charge < -0.3 is 0 Å². The molecule has 0 spiro atoms. The van der Waals surface area contributed by atoms with Crippen LogP contribution in [-0.2, 0) is 28.8 Å². The fourth-order valence-corrected chi connectivity index (χ4v) is 2.03. The summed E-state index contributed by atoms with van der Waals surface area (Å²) in [6, 6.07) is 0. The largest absolute Gasteiger partial charge is 0.299 e. The van der Waals surface area contributed by atoms with E-state index in [1.807, 2.05) is 125 Å². The second kappa shape index (κ2) is 16.8. The van der Waals surface area contributed by atoms with Crippen LogP contribution in [0.15, 0.2) is 0 Å². The van der Waals surface area contributed by atoms with Crippen LogP contribution in [-0.4, -0.2) is 34.7 Å². The van der Waals surface area contributed by atoms with Crippen molar-refractivity contribution < 1.29 is 65.6 Å². The summed E-state index contributed by atoms with van der Waals surface area (Å²) in [5.41, 5.74) is -2.41. The third-order valence-electron chi connectivity index (χ3n) is 5.98. The summed E-state index contributed by atoms with van der Waals surface area (Å²) in [6.07, 6.45) is 0.187. The molecule has 0 rings (SSSR count). The summed E-state index contributed by atoms with van der Waals surface area (Å²) in [4.78, 5) is 69.0. The van der Waals surface area contributed by atoms with Crippen molar-refractivity contribution in [1.29, 1.82) is 0 Å². The fraction of sp³-hybridized carbons (Fsp3) is 0.818. The van der Waals surface area contributed by atoms with Crippen molar-refractivity contribution in [3.8, 4) is 0 Å². The molecule has 241 valence electrons. The Kier molecular flexibility index (Phi) is 19.4. The van der Waals surface area contributed by atoms with Crippen LogP contribution in [0.2, 0.25) is 0 Å². The average molecular weight is 722 g/mol. The first-order valence-corrected chi connectivity index (χ1v) is 13.8. The Hall–Kier alpha value is -0.746. The SMILES string of the molecule is CC(C)(C)C(=O)CC(=O)C(C)(C)C.CC(C)(C)C(=O)CC(=O)C(C)(C)C.CC(C)(C)C(=O)CC(=O)C(C)(C)C.[Tm]. The third-order valence-corrected chi connectivity index (χ3v) is 5.98. The second-order valence-corrected chi connectivity index (χ2v) is 16.6. The fourth-order valence-electron chi connectivity index (χ4n) is 2.03. The van der Waals surface area contributed by atoms with E-state index >= 15 is 0 Å². The van der Waals surface area contributed by atoms with E-state index in [4.69, 9.17) is 0 Å². The maximum atomic E-state index is 11.5. The Morgan fingerprint density at radius 2 is 0.350 bits per heavy atom. The maximum absolute atomic E-state index is 11.5. The predicted molar refractivity (Wildman–Crippen MR) is 161 cm³/mol. The van der Waals surface area contributed by atoms with Crippen LogP contribution < -0.4 is 0 Å². The summed E-state index contributed by atoms with van der Waals surface area (Å²) < 4.78 is 0. The molecule has 0 aliphatic heterocycles. The van der Waals surface area contributed by atoms with Gasteiger partial charge in [0.05, 0.1) is 19.3 Å². The molecule has 0 aliphatic rings. The van der Waals surface area contributed by atoms with Crippen LogP contribution >= 0.6 is 0 Å². The summed E-state index contributed by atoms with van der Waals surface area (Å²) in [5.74, 6) is 0.125. The van der Waals surface area contributed by atoms with Crippen LogP contribution in [0, 0.1) is 69.4 Å². The quantitative estimate of drug-likeness (QED) is 0.259. The average Bonchev–Trinajstić information content (AvgIpc) is 2.64. The number of hydrogen-bond acceptors (Lipinski definition) is 6. The Labute approximate surface area is 275 Å². The molecule has 0 saturated heterocycles. The maximum Gasteiger partial charge on any atom is 0.145 e. The topological polar surface area (TPSA) is 102 Å². The number of hydrogen-bond donors (Lipinski definition) is 0. The van der Waals surface area contributed by atoms with Gasteiger partial charge in [0.1, 0.15) is 34.7 Å². The van der Waals surface area contributed by atoms with Gasteiger partial charge in [0.2, 0.25) is 0 Å². The van der Waals surface area contributed by atoms with E-state index in [-0.39, 0.29) is 90.8 Å². The molecule has 40 heavy (non-hydrogen) atoms. The van der Waals surface area contributed by atoms with Crippen LogP contribution in [0.5, 0.6) is 0 Å². The van der Waals surface area contributed by atoms with E-state index in [0.29, 0.717) is 0 Å². The number of Topliss-reactive ketones (excluding diaryl/α,β-unsaturated/α-hetero) is 6. The molecule has 0 aliphatic carbocycles. The molecule has 0 heterocycles. The molecule has 0 saturated carbocycles. The Morgan fingerprint density at radius 3 is 0.400 bits per heavy atom. The van der Waals surface area contributed by atoms with E-state index in [9.17, 15) is 28.8 Å². The molecular weight excluding hydrogens is 661 g/mol. The second-order valence-electron chi connectivity index (χ2n) is 16.6. The number of carbonyl (C=O) groups is 6. The van der Waals surface area contributed by atoms with E-state index in [0.717, 1.165) is 0 Å². The molecule has 1 radical (unpaired) electrons. The van der Waals surface area contributed by atoms with Crippen LogP contribution in [0.1, 0.15) is 144 Å². The van der Waals surface area contributed by atoms with Gasteiger partial charge in [-0.05, 0) is 0 Å². The summed E-state index contributed by atoms with van der Waals surface area (Å²) >= 11 is 0. The van der Waals surface area contributed by atoms with Crippen molar-refractivity contribution in [3.05, 3.63) is 0 Å². The van der Waals surface area contributed by atoms with Crippen molar-refractivity contribution in [2.24, 2.45) is 32.5 Å². The molecule has 0 unspecified atom stereocenters. The van der Waals surface area contributed by atoms with E-state index < -0.39 is 32.5 Å². The molecule has 7 heteroatoms. The minimum Gasteiger partial charge on any atom is -0.299 e. The normalized spacial score (nSPS) is 12.4. The van der Waals surface area contributed by atoms with Gasteiger partial charge in [-0.25, -0.2) is 0 Å². The van der Waals surface area contributed by atoms with Gasteiger partial charge in [0.25, 0.3) is 0 Å². The zero-order chi connectivity index (χ0) is 32.6. The standard InChI is InChI=1S/3C11H20O2.Tm/c3*1-10(2,3)8(12)7-9(13)11(4,5)6;/h3*7H2,1-6H3;. The Morgan fingerprint density at radius 1 is 0.275 bits per heavy atom. The van der Waals surface area contributed by atoms with Crippen LogP contribution in [0.3, 0.4) is 0 Å². The molecule has 0 aromatic rings. The first-order chi connectivity index (χ1) is 16.6. The van der Waals surface area contributed by atoms with Gasteiger partial charge >= 0.3 is 0 Å². The Balaban J connectivity index is -0.000000240. The van der Waals surface area contributed by atoms with Gasteiger partial charge in [-0.2, -0.15) is 0 Å². The first-order valence-electron chi connectivity index (χ1n) is 13.8. The van der Waals surface area contributed by atoms with Crippen LogP contribution in [0.4, 0.5) is 0 Å². The monoisotopic (exact) mass is 721 g/mol. The van der Waals surface area contributed by atoms with Gasteiger partial charge in [0.15, 0.2) is 0 Å². The zero-order valence-corrected chi connectivity index (χ0v) is 30.6. The molecular formula is C33H60O6Tm. The minimum atomic E-state index is -0.402. The molecule has 6 nitrogen and oxygen atoms in total. The Bertz CT molecular complexity index is 693. The van der Waals surface area contributed by atoms with E-state index in [2.05, 4.69) is 0 Å². The zero-order valence-electron chi connectivity index (χ0n) is 28.8. The summed E-state index contributed by atoms with van der Waals surface area (Å²) in [5, 5.41) is 0. The van der Waals surface area contributed by atoms with Gasteiger partial charge in [-0.15, -0.1) is 0 Å². The minimum absolute atomic E-state index is 0. The van der Waals surface area contributed by atoms with Crippen LogP contribution in [0.25, 0.3) is 0 Å².